The molecule has 0 heterocycles. The lowest BCUT2D eigenvalue weighted by Crippen LogP contribution is -2.01. The van der Waals surface area contributed by atoms with Gasteiger partial charge in [0.1, 0.15) is 0 Å². The molecule has 102 valence electrons. The molecule has 0 spiro atoms. The van der Waals surface area contributed by atoms with Crippen LogP contribution in [0.5, 0.6) is 0 Å². The summed E-state index contributed by atoms with van der Waals surface area (Å²) in [5.74, 6) is -1.37. The van der Waals surface area contributed by atoms with Gasteiger partial charge in [0.15, 0.2) is 11.6 Å². The van der Waals surface area contributed by atoms with E-state index in [1.54, 1.807) is 12.1 Å². The third-order valence-electron chi connectivity index (χ3n) is 3.90. The zero-order valence-electron chi connectivity index (χ0n) is 11.4. The van der Waals surface area contributed by atoms with E-state index in [-0.39, 0.29) is 5.92 Å². The molecule has 0 nitrogen and oxygen atoms in total. The van der Waals surface area contributed by atoms with Gasteiger partial charge in [0.2, 0.25) is 0 Å². The molecule has 2 aromatic carbocycles. The van der Waals surface area contributed by atoms with Gasteiger partial charge < -0.3 is 0 Å². The van der Waals surface area contributed by atoms with E-state index in [2.05, 4.69) is 13.0 Å². The van der Waals surface area contributed by atoms with Crippen LogP contribution in [0.15, 0.2) is 42.5 Å². The maximum Gasteiger partial charge on any atom is 0.166 e. The quantitative estimate of drug-likeness (QED) is 0.700. The summed E-state index contributed by atoms with van der Waals surface area (Å²) in [4.78, 5) is 0. The molecule has 0 radical (unpaired) electrons. The second kappa shape index (κ2) is 5.20. The Morgan fingerprint density at radius 2 is 1.80 bits per heavy atom. The largest absolute Gasteiger partial charge is 0.204 e. The fourth-order valence-corrected chi connectivity index (χ4v) is 2.99. The molecule has 0 fully saturated rings. The smallest absolute Gasteiger partial charge is 0.166 e. The molecule has 1 atom stereocenters. The van der Waals surface area contributed by atoms with E-state index in [9.17, 15) is 8.78 Å². The number of halogens is 2. The molecule has 2 aromatic rings. The third kappa shape index (κ3) is 2.05. The van der Waals surface area contributed by atoms with Crippen molar-refractivity contribution in [3.63, 3.8) is 0 Å². The summed E-state index contributed by atoms with van der Waals surface area (Å²) in [6.07, 6.45) is 3.94. The molecule has 0 N–H and O–H groups in total. The molecule has 2 heteroatoms. The highest BCUT2D eigenvalue weighted by Gasteiger charge is 2.27. The number of hydrogen-bond acceptors (Lipinski definition) is 0. The topological polar surface area (TPSA) is 0 Å². The van der Waals surface area contributed by atoms with Crippen LogP contribution >= 0.6 is 0 Å². The van der Waals surface area contributed by atoms with Crippen LogP contribution in [-0.2, 0) is 0 Å². The molecule has 3 rings (SSSR count). The Bertz CT molecular complexity index is 671. The van der Waals surface area contributed by atoms with Crippen LogP contribution in [0.4, 0.5) is 8.78 Å². The molecule has 1 aliphatic rings. The summed E-state index contributed by atoms with van der Waals surface area (Å²) in [6.45, 7) is 2.11. The normalized spacial score (nSPS) is 16.9. The molecular weight excluding hydrogens is 254 g/mol. The zero-order valence-corrected chi connectivity index (χ0v) is 11.4. The minimum absolute atomic E-state index is 0.160. The lowest BCUT2D eigenvalue weighted by Gasteiger charge is -2.17. The van der Waals surface area contributed by atoms with Crippen LogP contribution < -0.4 is 0 Å². The number of fused-ring (bicyclic) bond motifs is 1. The summed E-state index contributed by atoms with van der Waals surface area (Å²) < 4.78 is 27.5. The molecule has 0 aromatic heterocycles. The van der Waals surface area contributed by atoms with Gasteiger partial charge >= 0.3 is 0 Å². The summed E-state index contributed by atoms with van der Waals surface area (Å²) >= 11 is 0. The first-order valence-corrected chi connectivity index (χ1v) is 6.97. The van der Waals surface area contributed by atoms with Gasteiger partial charge in [0, 0.05) is 11.5 Å². The van der Waals surface area contributed by atoms with E-state index < -0.39 is 11.6 Å². The highest BCUT2D eigenvalue weighted by atomic mass is 19.2. The average molecular weight is 270 g/mol. The molecule has 0 amide bonds. The summed E-state index contributed by atoms with van der Waals surface area (Å²) in [5.41, 5.74) is 3.61. The molecular formula is C18H16F2. The van der Waals surface area contributed by atoms with Gasteiger partial charge in [-0.1, -0.05) is 55.8 Å². The first kappa shape index (κ1) is 13.0. The number of benzene rings is 2. The zero-order chi connectivity index (χ0) is 14.1. The molecule has 0 bridgehead atoms. The van der Waals surface area contributed by atoms with Crippen LogP contribution in [0.3, 0.4) is 0 Å². The fraction of sp³-hybridized carbons (Fsp3) is 0.222. The molecule has 0 saturated carbocycles. The van der Waals surface area contributed by atoms with E-state index in [1.165, 1.54) is 5.56 Å². The van der Waals surface area contributed by atoms with Crippen molar-refractivity contribution >= 4 is 11.6 Å². The Labute approximate surface area is 117 Å². The van der Waals surface area contributed by atoms with Crippen molar-refractivity contribution in [2.75, 3.05) is 0 Å². The Morgan fingerprint density at radius 1 is 1.00 bits per heavy atom. The van der Waals surface area contributed by atoms with Gasteiger partial charge in [-0.25, -0.2) is 8.78 Å². The van der Waals surface area contributed by atoms with Crippen LogP contribution in [0.25, 0.3) is 11.6 Å². The van der Waals surface area contributed by atoms with Crippen molar-refractivity contribution in [2.24, 2.45) is 0 Å². The lowest BCUT2D eigenvalue weighted by molar-refractivity contribution is 0.505. The molecule has 0 aliphatic heterocycles. The van der Waals surface area contributed by atoms with Gasteiger partial charge in [-0.2, -0.15) is 0 Å². The number of rotatable bonds is 3. The van der Waals surface area contributed by atoms with Crippen molar-refractivity contribution in [3.05, 3.63) is 70.8 Å². The van der Waals surface area contributed by atoms with Crippen LogP contribution in [-0.4, -0.2) is 0 Å². The maximum absolute atomic E-state index is 14.1. The average Bonchev–Trinajstić information content (AvgIpc) is 2.81. The second-order valence-electron chi connectivity index (χ2n) is 5.17. The van der Waals surface area contributed by atoms with Crippen molar-refractivity contribution < 1.29 is 8.78 Å². The fourth-order valence-electron chi connectivity index (χ4n) is 2.99. The highest BCUT2D eigenvalue weighted by Crippen LogP contribution is 2.45. The Kier molecular flexibility index (Phi) is 3.39. The summed E-state index contributed by atoms with van der Waals surface area (Å²) in [7, 11) is 0. The van der Waals surface area contributed by atoms with Gasteiger partial charge in [0.05, 0.1) is 0 Å². The first-order valence-electron chi connectivity index (χ1n) is 6.97. The van der Waals surface area contributed by atoms with Crippen LogP contribution in [0.2, 0.25) is 0 Å². The third-order valence-corrected chi connectivity index (χ3v) is 3.90. The molecule has 20 heavy (non-hydrogen) atoms. The predicted octanol–water partition coefficient (Wildman–Crippen LogP) is 5.40. The first-order chi connectivity index (χ1) is 9.72. The van der Waals surface area contributed by atoms with Gasteiger partial charge in [0.25, 0.3) is 0 Å². The summed E-state index contributed by atoms with van der Waals surface area (Å²) in [5, 5.41) is 0. The Balaban J connectivity index is 2.12. The van der Waals surface area contributed by atoms with Crippen molar-refractivity contribution in [3.8, 4) is 0 Å². The molecule has 0 saturated heterocycles. The molecule has 1 aliphatic carbocycles. The predicted molar refractivity (Wildman–Crippen MR) is 78.3 cm³/mol. The maximum atomic E-state index is 14.1. The Morgan fingerprint density at radius 3 is 2.60 bits per heavy atom. The Hall–Kier alpha value is -1.96. The standard InChI is InChI=1S/C18H16F2/c1-2-6-14-13-8-4-3-7-12(13)11-16(14)15-9-5-10-17(19)18(15)20/h3-5,7-11,14H,2,6H2,1H3. The molecule has 1 unspecified atom stereocenters. The minimum atomic E-state index is -0.783. The van der Waals surface area contributed by atoms with E-state index in [0.29, 0.717) is 5.56 Å². The van der Waals surface area contributed by atoms with Crippen LogP contribution in [0, 0.1) is 11.6 Å². The highest BCUT2D eigenvalue weighted by molar-refractivity contribution is 5.91. The van der Waals surface area contributed by atoms with Gasteiger partial charge in [-0.15, -0.1) is 0 Å². The minimum Gasteiger partial charge on any atom is -0.204 e. The van der Waals surface area contributed by atoms with Crippen molar-refractivity contribution in [1.29, 1.82) is 0 Å². The lowest BCUT2D eigenvalue weighted by atomic mass is 9.87. The monoisotopic (exact) mass is 270 g/mol. The van der Waals surface area contributed by atoms with E-state index in [4.69, 9.17) is 0 Å². The van der Waals surface area contributed by atoms with Gasteiger partial charge in [-0.05, 0) is 29.2 Å². The number of allylic oxidation sites excluding steroid dienone is 1. The number of hydrogen-bond donors (Lipinski definition) is 0. The van der Waals surface area contributed by atoms with Crippen LogP contribution in [0.1, 0.15) is 42.4 Å². The van der Waals surface area contributed by atoms with E-state index >= 15 is 0 Å². The summed E-state index contributed by atoms with van der Waals surface area (Å²) in [6, 6.07) is 12.5. The van der Waals surface area contributed by atoms with Crippen molar-refractivity contribution in [1.82, 2.24) is 0 Å². The second-order valence-corrected chi connectivity index (χ2v) is 5.17. The SMILES string of the molecule is CCCC1C(c2cccc(F)c2F)=Cc2ccccc21. The van der Waals surface area contributed by atoms with Crippen molar-refractivity contribution in [2.45, 2.75) is 25.7 Å². The van der Waals surface area contributed by atoms with Gasteiger partial charge in [-0.3, -0.25) is 0 Å². The van der Waals surface area contributed by atoms with E-state index in [1.807, 2.05) is 24.3 Å². The van der Waals surface area contributed by atoms with E-state index in [0.717, 1.165) is 30.0 Å².